The fourth-order valence-electron chi connectivity index (χ4n) is 3.52. The first-order valence-electron chi connectivity index (χ1n) is 8.11. The van der Waals surface area contributed by atoms with Gasteiger partial charge in [-0.25, -0.2) is 4.98 Å². The summed E-state index contributed by atoms with van der Waals surface area (Å²) in [5.74, 6) is 1.96. The molecule has 4 nitrogen and oxygen atoms in total. The van der Waals surface area contributed by atoms with Crippen LogP contribution in [-0.2, 0) is 6.54 Å². The number of fused-ring (bicyclic) bond motifs is 1. The number of nitrogens with one attached hydrogen (secondary N) is 1. The Labute approximate surface area is 127 Å². The number of nitrogens with zero attached hydrogens (tertiary/aromatic N) is 3. The van der Waals surface area contributed by atoms with Gasteiger partial charge >= 0.3 is 0 Å². The predicted molar refractivity (Wildman–Crippen MR) is 87.8 cm³/mol. The van der Waals surface area contributed by atoms with E-state index in [2.05, 4.69) is 46.1 Å². The van der Waals surface area contributed by atoms with E-state index in [4.69, 9.17) is 4.98 Å². The minimum absolute atomic E-state index is 0.830. The number of anilines is 1. The fourth-order valence-corrected chi connectivity index (χ4v) is 3.52. The molecule has 1 saturated carbocycles. The molecule has 114 valence electrons. The van der Waals surface area contributed by atoms with E-state index in [1.165, 1.54) is 37.8 Å². The SMILES string of the molecule is CNCc1c(N(C)CC2CCCCC2)nc2ccccn12. The molecule has 1 N–H and O–H groups in total. The van der Waals surface area contributed by atoms with Gasteiger partial charge in [-0.1, -0.05) is 25.3 Å². The van der Waals surface area contributed by atoms with Crippen molar-refractivity contribution in [2.24, 2.45) is 5.92 Å². The maximum Gasteiger partial charge on any atom is 0.152 e. The highest BCUT2D eigenvalue weighted by atomic mass is 15.2. The molecule has 4 heteroatoms. The number of aromatic nitrogens is 2. The van der Waals surface area contributed by atoms with Crippen LogP contribution < -0.4 is 10.2 Å². The smallest absolute Gasteiger partial charge is 0.152 e. The van der Waals surface area contributed by atoms with Crippen LogP contribution in [0.1, 0.15) is 37.8 Å². The van der Waals surface area contributed by atoms with Gasteiger partial charge in [0.25, 0.3) is 0 Å². The van der Waals surface area contributed by atoms with E-state index < -0.39 is 0 Å². The first kappa shape index (κ1) is 14.4. The Morgan fingerprint density at radius 1 is 1.29 bits per heavy atom. The van der Waals surface area contributed by atoms with Crippen LogP contribution >= 0.6 is 0 Å². The van der Waals surface area contributed by atoms with Crippen LogP contribution in [0.2, 0.25) is 0 Å². The normalized spacial score (nSPS) is 16.5. The molecule has 0 unspecified atom stereocenters. The van der Waals surface area contributed by atoms with Crippen molar-refractivity contribution in [2.45, 2.75) is 38.6 Å². The average Bonchev–Trinajstić information content (AvgIpc) is 2.88. The lowest BCUT2D eigenvalue weighted by molar-refractivity contribution is 0.361. The van der Waals surface area contributed by atoms with E-state index in [0.717, 1.165) is 30.5 Å². The lowest BCUT2D eigenvalue weighted by atomic mass is 9.89. The molecule has 0 saturated heterocycles. The molecule has 0 aliphatic heterocycles. The maximum absolute atomic E-state index is 4.85. The van der Waals surface area contributed by atoms with Crippen molar-refractivity contribution in [2.75, 3.05) is 25.5 Å². The van der Waals surface area contributed by atoms with Gasteiger partial charge in [-0.15, -0.1) is 0 Å². The van der Waals surface area contributed by atoms with Crippen molar-refractivity contribution in [3.8, 4) is 0 Å². The van der Waals surface area contributed by atoms with Crippen LogP contribution in [0.25, 0.3) is 5.65 Å². The third-order valence-electron chi connectivity index (χ3n) is 4.57. The highest BCUT2D eigenvalue weighted by Crippen LogP contribution is 2.27. The molecule has 0 spiro atoms. The number of pyridine rings is 1. The van der Waals surface area contributed by atoms with E-state index in [1.807, 2.05) is 7.05 Å². The molecule has 0 atom stereocenters. The van der Waals surface area contributed by atoms with Crippen molar-refractivity contribution in [3.05, 3.63) is 30.1 Å². The van der Waals surface area contributed by atoms with E-state index in [1.54, 1.807) is 0 Å². The van der Waals surface area contributed by atoms with Gasteiger partial charge in [-0.2, -0.15) is 0 Å². The molecule has 1 fully saturated rings. The minimum Gasteiger partial charge on any atom is -0.358 e. The molecular formula is C17H26N4. The summed E-state index contributed by atoms with van der Waals surface area (Å²) in [7, 11) is 4.18. The summed E-state index contributed by atoms with van der Waals surface area (Å²) < 4.78 is 2.20. The molecule has 0 bridgehead atoms. The van der Waals surface area contributed by atoms with Gasteiger partial charge in [-0.05, 0) is 37.9 Å². The molecule has 0 amide bonds. The van der Waals surface area contributed by atoms with Crippen molar-refractivity contribution >= 4 is 11.5 Å². The quantitative estimate of drug-likeness (QED) is 0.917. The second-order valence-electron chi connectivity index (χ2n) is 6.23. The summed E-state index contributed by atoms with van der Waals surface area (Å²) in [6.07, 6.45) is 9.06. The molecule has 1 aliphatic rings. The van der Waals surface area contributed by atoms with Crippen molar-refractivity contribution in [1.82, 2.24) is 14.7 Å². The van der Waals surface area contributed by atoms with Crippen LogP contribution in [0.3, 0.4) is 0 Å². The topological polar surface area (TPSA) is 32.6 Å². The Morgan fingerprint density at radius 3 is 2.86 bits per heavy atom. The van der Waals surface area contributed by atoms with Gasteiger partial charge in [0.05, 0.1) is 5.69 Å². The highest BCUT2D eigenvalue weighted by molar-refractivity contribution is 5.55. The van der Waals surface area contributed by atoms with Crippen LogP contribution in [-0.4, -0.2) is 30.0 Å². The zero-order valence-electron chi connectivity index (χ0n) is 13.2. The van der Waals surface area contributed by atoms with E-state index >= 15 is 0 Å². The summed E-state index contributed by atoms with van der Waals surface area (Å²) in [5, 5.41) is 3.27. The molecule has 2 heterocycles. The first-order chi connectivity index (χ1) is 10.3. The molecular weight excluding hydrogens is 260 g/mol. The average molecular weight is 286 g/mol. The number of imidazole rings is 1. The van der Waals surface area contributed by atoms with Crippen LogP contribution in [0, 0.1) is 5.92 Å². The summed E-state index contributed by atoms with van der Waals surface area (Å²) in [4.78, 5) is 7.20. The summed E-state index contributed by atoms with van der Waals surface area (Å²) >= 11 is 0. The fraction of sp³-hybridized carbons (Fsp3) is 0.588. The lowest BCUT2D eigenvalue weighted by Crippen LogP contribution is -2.28. The minimum atomic E-state index is 0.830. The van der Waals surface area contributed by atoms with Gasteiger partial charge in [0.2, 0.25) is 0 Å². The molecule has 0 aromatic carbocycles. The van der Waals surface area contributed by atoms with Crippen LogP contribution in [0.15, 0.2) is 24.4 Å². The third-order valence-corrected chi connectivity index (χ3v) is 4.57. The predicted octanol–water partition coefficient (Wildman–Crippen LogP) is 3.07. The first-order valence-corrected chi connectivity index (χ1v) is 8.11. The molecule has 3 rings (SSSR count). The zero-order valence-corrected chi connectivity index (χ0v) is 13.2. The monoisotopic (exact) mass is 286 g/mol. The molecule has 2 aromatic heterocycles. The lowest BCUT2D eigenvalue weighted by Gasteiger charge is -2.27. The standard InChI is InChI=1S/C17H26N4/c1-18-12-15-17(19-16-10-6-7-11-21(15)16)20(2)13-14-8-4-3-5-9-14/h6-7,10-11,14,18H,3-5,8-9,12-13H2,1-2H3. The van der Waals surface area contributed by atoms with Crippen molar-refractivity contribution in [3.63, 3.8) is 0 Å². The number of hydrogen-bond acceptors (Lipinski definition) is 3. The number of rotatable bonds is 5. The van der Waals surface area contributed by atoms with Gasteiger partial charge in [-0.3, -0.25) is 0 Å². The Balaban J connectivity index is 1.85. The van der Waals surface area contributed by atoms with Crippen LogP contribution in [0.4, 0.5) is 5.82 Å². The van der Waals surface area contributed by atoms with Gasteiger partial charge < -0.3 is 14.6 Å². The largest absolute Gasteiger partial charge is 0.358 e. The second-order valence-corrected chi connectivity index (χ2v) is 6.23. The van der Waals surface area contributed by atoms with Gasteiger partial charge in [0.15, 0.2) is 5.82 Å². The molecule has 2 aromatic rings. The van der Waals surface area contributed by atoms with Crippen LogP contribution in [0.5, 0.6) is 0 Å². The summed E-state index contributed by atoms with van der Waals surface area (Å²) in [6.45, 7) is 1.97. The summed E-state index contributed by atoms with van der Waals surface area (Å²) in [6, 6.07) is 6.20. The molecule has 1 aliphatic carbocycles. The van der Waals surface area contributed by atoms with Gasteiger partial charge in [0, 0.05) is 26.3 Å². The van der Waals surface area contributed by atoms with E-state index in [9.17, 15) is 0 Å². The molecule has 21 heavy (non-hydrogen) atoms. The summed E-state index contributed by atoms with van der Waals surface area (Å²) in [5.41, 5.74) is 2.29. The third kappa shape index (κ3) is 3.05. The van der Waals surface area contributed by atoms with Crippen molar-refractivity contribution < 1.29 is 0 Å². The van der Waals surface area contributed by atoms with Gasteiger partial charge in [0.1, 0.15) is 5.65 Å². The highest BCUT2D eigenvalue weighted by Gasteiger charge is 2.20. The molecule has 0 radical (unpaired) electrons. The van der Waals surface area contributed by atoms with E-state index in [-0.39, 0.29) is 0 Å². The van der Waals surface area contributed by atoms with Crippen molar-refractivity contribution in [1.29, 1.82) is 0 Å². The maximum atomic E-state index is 4.85. The Kier molecular flexibility index (Phi) is 4.44. The Hall–Kier alpha value is -1.55. The Bertz CT molecular complexity index is 583. The zero-order chi connectivity index (χ0) is 14.7. The Morgan fingerprint density at radius 2 is 2.10 bits per heavy atom. The number of hydrogen-bond donors (Lipinski definition) is 1. The second kappa shape index (κ2) is 6.48. The van der Waals surface area contributed by atoms with E-state index in [0.29, 0.717) is 0 Å².